The number of nitrogens with zero attached hydrogens (tertiary/aromatic N) is 1. The van der Waals surface area contributed by atoms with Crippen molar-refractivity contribution in [1.82, 2.24) is 10.2 Å². The number of rotatable bonds is 4. The van der Waals surface area contributed by atoms with Crippen LogP contribution in [-0.4, -0.2) is 30.5 Å². The Morgan fingerprint density at radius 3 is 2.80 bits per heavy atom. The molecule has 0 unspecified atom stereocenters. The van der Waals surface area contributed by atoms with Gasteiger partial charge in [0.05, 0.1) is 7.11 Å². The smallest absolute Gasteiger partial charge is 0.329 e. The standard InChI is InChI=1S/C14H15BrN2O3/c1-3-6-17-13(18)11(16-14(17)19)8-9-7-10(15)4-5-12(9)20-2/h4-5,7-8H,3,6H2,1-2H3,(H,16,19)/b11-8+. The average Bonchev–Trinajstić information content (AvgIpc) is 2.67. The molecule has 0 spiro atoms. The minimum atomic E-state index is -0.378. The lowest BCUT2D eigenvalue weighted by Crippen LogP contribution is -2.31. The molecule has 0 aromatic heterocycles. The second-order valence-corrected chi connectivity index (χ2v) is 5.25. The van der Waals surface area contributed by atoms with Gasteiger partial charge in [0.2, 0.25) is 0 Å². The SMILES string of the molecule is CCCN1C(=O)N/C(=C/c2cc(Br)ccc2OC)C1=O. The molecular weight excluding hydrogens is 324 g/mol. The van der Waals surface area contributed by atoms with E-state index in [4.69, 9.17) is 4.74 Å². The molecule has 1 heterocycles. The highest BCUT2D eigenvalue weighted by Gasteiger charge is 2.32. The van der Waals surface area contributed by atoms with Gasteiger partial charge in [-0.15, -0.1) is 0 Å². The van der Waals surface area contributed by atoms with Gasteiger partial charge in [-0.25, -0.2) is 4.79 Å². The molecule has 0 bridgehead atoms. The van der Waals surface area contributed by atoms with Crippen LogP contribution >= 0.6 is 15.9 Å². The van der Waals surface area contributed by atoms with Crippen LogP contribution in [0.3, 0.4) is 0 Å². The molecule has 0 aliphatic carbocycles. The summed E-state index contributed by atoms with van der Waals surface area (Å²) in [5, 5.41) is 2.59. The largest absolute Gasteiger partial charge is 0.496 e. The van der Waals surface area contributed by atoms with E-state index in [-0.39, 0.29) is 17.6 Å². The van der Waals surface area contributed by atoms with Gasteiger partial charge in [-0.1, -0.05) is 22.9 Å². The molecule has 1 saturated heterocycles. The van der Waals surface area contributed by atoms with Crippen LogP contribution < -0.4 is 10.1 Å². The van der Waals surface area contributed by atoms with Crippen molar-refractivity contribution in [1.29, 1.82) is 0 Å². The average molecular weight is 339 g/mol. The van der Waals surface area contributed by atoms with E-state index in [0.29, 0.717) is 12.3 Å². The Bertz CT molecular complexity index is 584. The van der Waals surface area contributed by atoms with Crippen LogP contribution in [0.2, 0.25) is 0 Å². The van der Waals surface area contributed by atoms with Gasteiger partial charge in [-0.2, -0.15) is 0 Å². The zero-order valence-corrected chi connectivity index (χ0v) is 12.9. The lowest BCUT2D eigenvalue weighted by molar-refractivity contribution is -0.122. The first-order valence-corrected chi connectivity index (χ1v) is 7.04. The molecule has 2 rings (SSSR count). The fraction of sp³-hybridized carbons (Fsp3) is 0.286. The third-order valence-corrected chi connectivity index (χ3v) is 3.39. The van der Waals surface area contributed by atoms with Crippen molar-refractivity contribution >= 4 is 33.9 Å². The first kappa shape index (κ1) is 14.6. The van der Waals surface area contributed by atoms with E-state index in [1.54, 1.807) is 19.3 Å². The molecule has 1 aliphatic heterocycles. The van der Waals surface area contributed by atoms with Gasteiger partial charge in [0.25, 0.3) is 5.91 Å². The summed E-state index contributed by atoms with van der Waals surface area (Å²) in [6.07, 6.45) is 2.35. The second kappa shape index (κ2) is 6.09. The molecular formula is C14H15BrN2O3. The molecule has 20 heavy (non-hydrogen) atoms. The third-order valence-electron chi connectivity index (χ3n) is 2.90. The Kier molecular flexibility index (Phi) is 4.44. The van der Waals surface area contributed by atoms with Crippen LogP contribution in [0.15, 0.2) is 28.4 Å². The highest BCUT2D eigenvalue weighted by Crippen LogP contribution is 2.26. The van der Waals surface area contributed by atoms with Crippen molar-refractivity contribution in [3.05, 3.63) is 33.9 Å². The number of urea groups is 1. The van der Waals surface area contributed by atoms with Gasteiger partial charge in [0, 0.05) is 16.6 Å². The highest BCUT2D eigenvalue weighted by atomic mass is 79.9. The first-order valence-electron chi connectivity index (χ1n) is 6.25. The van der Waals surface area contributed by atoms with E-state index in [2.05, 4.69) is 21.2 Å². The first-order chi connectivity index (χ1) is 9.56. The van der Waals surface area contributed by atoms with E-state index < -0.39 is 0 Å². The Morgan fingerprint density at radius 1 is 1.40 bits per heavy atom. The summed E-state index contributed by atoms with van der Waals surface area (Å²) in [6, 6.07) is 5.09. The molecule has 1 aromatic rings. The summed E-state index contributed by atoms with van der Waals surface area (Å²) >= 11 is 3.37. The number of benzene rings is 1. The fourth-order valence-electron chi connectivity index (χ4n) is 1.97. The summed E-state index contributed by atoms with van der Waals surface area (Å²) in [7, 11) is 1.56. The number of carbonyl (C=O) groups excluding carboxylic acids is 2. The maximum Gasteiger partial charge on any atom is 0.329 e. The van der Waals surface area contributed by atoms with E-state index in [1.165, 1.54) is 4.90 Å². The van der Waals surface area contributed by atoms with E-state index in [9.17, 15) is 9.59 Å². The second-order valence-electron chi connectivity index (χ2n) is 4.33. The number of amides is 3. The minimum Gasteiger partial charge on any atom is -0.496 e. The highest BCUT2D eigenvalue weighted by molar-refractivity contribution is 9.10. The van der Waals surface area contributed by atoms with Gasteiger partial charge in [-0.05, 0) is 30.7 Å². The predicted molar refractivity (Wildman–Crippen MR) is 79.2 cm³/mol. The number of hydrogen-bond donors (Lipinski definition) is 1. The fourth-order valence-corrected chi connectivity index (χ4v) is 2.35. The Balaban J connectivity index is 2.35. The van der Waals surface area contributed by atoms with Gasteiger partial charge in [0.15, 0.2) is 0 Å². The summed E-state index contributed by atoms with van der Waals surface area (Å²) in [6.45, 7) is 2.33. The van der Waals surface area contributed by atoms with Gasteiger partial charge in [0.1, 0.15) is 11.4 Å². The minimum absolute atomic E-state index is 0.264. The summed E-state index contributed by atoms with van der Waals surface area (Å²) < 4.78 is 6.11. The van der Waals surface area contributed by atoms with Crippen molar-refractivity contribution in [2.75, 3.05) is 13.7 Å². The summed E-state index contributed by atoms with van der Waals surface area (Å²) in [5.41, 5.74) is 0.990. The number of nitrogens with one attached hydrogen (secondary N) is 1. The zero-order chi connectivity index (χ0) is 14.7. The molecule has 1 fully saturated rings. The lowest BCUT2D eigenvalue weighted by Gasteiger charge is -2.09. The Hall–Kier alpha value is -1.82. The Labute approximate surface area is 125 Å². The molecule has 0 radical (unpaired) electrons. The van der Waals surface area contributed by atoms with E-state index in [1.807, 2.05) is 19.1 Å². The molecule has 5 nitrogen and oxygen atoms in total. The maximum absolute atomic E-state index is 12.1. The van der Waals surface area contributed by atoms with Crippen molar-refractivity contribution in [2.45, 2.75) is 13.3 Å². The number of ether oxygens (including phenoxy) is 1. The van der Waals surface area contributed by atoms with E-state index >= 15 is 0 Å². The zero-order valence-electron chi connectivity index (χ0n) is 11.3. The van der Waals surface area contributed by atoms with Crippen LogP contribution in [0.25, 0.3) is 6.08 Å². The summed E-state index contributed by atoms with van der Waals surface area (Å²) in [4.78, 5) is 25.0. The molecule has 1 aromatic carbocycles. The van der Waals surface area contributed by atoms with Crippen molar-refractivity contribution in [2.24, 2.45) is 0 Å². The monoisotopic (exact) mass is 338 g/mol. The van der Waals surface area contributed by atoms with Gasteiger partial charge >= 0.3 is 6.03 Å². The van der Waals surface area contributed by atoms with Crippen molar-refractivity contribution < 1.29 is 14.3 Å². The lowest BCUT2D eigenvalue weighted by atomic mass is 10.1. The molecule has 0 atom stereocenters. The number of imide groups is 1. The van der Waals surface area contributed by atoms with Crippen LogP contribution in [0.1, 0.15) is 18.9 Å². The predicted octanol–water partition coefficient (Wildman–Crippen LogP) is 2.76. The molecule has 106 valence electrons. The number of methoxy groups -OCH3 is 1. The van der Waals surface area contributed by atoms with Crippen LogP contribution in [0.4, 0.5) is 4.79 Å². The van der Waals surface area contributed by atoms with E-state index in [0.717, 1.165) is 16.5 Å². The number of halogens is 1. The van der Waals surface area contributed by atoms with Crippen LogP contribution in [-0.2, 0) is 4.79 Å². The van der Waals surface area contributed by atoms with Crippen LogP contribution in [0, 0.1) is 0 Å². The van der Waals surface area contributed by atoms with Crippen molar-refractivity contribution in [3.63, 3.8) is 0 Å². The van der Waals surface area contributed by atoms with Crippen molar-refractivity contribution in [3.8, 4) is 5.75 Å². The topological polar surface area (TPSA) is 58.6 Å². The third kappa shape index (κ3) is 2.85. The number of hydrogen-bond acceptors (Lipinski definition) is 3. The molecule has 3 amide bonds. The summed E-state index contributed by atoms with van der Waals surface area (Å²) in [5.74, 6) is 0.329. The maximum atomic E-state index is 12.1. The molecule has 1 N–H and O–H groups in total. The van der Waals surface area contributed by atoms with Gasteiger partial charge in [-0.3, -0.25) is 9.69 Å². The normalized spacial score (nSPS) is 16.8. The molecule has 0 saturated carbocycles. The quantitative estimate of drug-likeness (QED) is 0.678. The van der Waals surface area contributed by atoms with Gasteiger partial charge < -0.3 is 10.1 Å². The Morgan fingerprint density at radius 2 is 2.15 bits per heavy atom. The number of carbonyl (C=O) groups is 2. The molecule has 1 aliphatic rings. The van der Waals surface area contributed by atoms with Crippen LogP contribution in [0.5, 0.6) is 5.75 Å². The molecule has 6 heteroatoms.